The number of aryl methyl sites for hydroxylation is 1. The van der Waals surface area contributed by atoms with Crippen molar-refractivity contribution in [1.29, 1.82) is 0 Å². The van der Waals surface area contributed by atoms with Crippen molar-refractivity contribution in [3.8, 4) is 0 Å². The van der Waals surface area contributed by atoms with Gasteiger partial charge in [-0.25, -0.2) is 14.8 Å². The molecular formula is C9H10N4O2S2. The van der Waals surface area contributed by atoms with E-state index in [0.717, 1.165) is 22.4 Å². The highest BCUT2D eigenvalue weighted by Crippen LogP contribution is 2.15. The van der Waals surface area contributed by atoms with Crippen molar-refractivity contribution in [3.63, 3.8) is 0 Å². The van der Waals surface area contributed by atoms with Gasteiger partial charge in [0.1, 0.15) is 10.8 Å². The summed E-state index contributed by atoms with van der Waals surface area (Å²) in [7, 11) is 0. The minimum absolute atomic E-state index is 0.0818. The number of rotatable bonds is 5. The lowest BCUT2D eigenvalue weighted by Crippen LogP contribution is -2.01. The van der Waals surface area contributed by atoms with Gasteiger partial charge in [0, 0.05) is 23.3 Å². The molecule has 0 radical (unpaired) electrons. The first-order valence-electron chi connectivity index (χ1n) is 4.93. The van der Waals surface area contributed by atoms with Crippen LogP contribution in [0.4, 0.5) is 5.13 Å². The summed E-state index contributed by atoms with van der Waals surface area (Å²) < 4.78 is 4.14. The summed E-state index contributed by atoms with van der Waals surface area (Å²) >= 11 is 2.61. The molecule has 6 nitrogen and oxygen atoms in total. The lowest BCUT2D eigenvalue weighted by Gasteiger charge is -1.96. The third-order valence-electron chi connectivity index (χ3n) is 1.95. The van der Waals surface area contributed by atoms with Crippen LogP contribution in [-0.2, 0) is 13.0 Å². The average molecular weight is 270 g/mol. The van der Waals surface area contributed by atoms with E-state index in [1.165, 1.54) is 28.2 Å². The molecule has 0 aliphatic rings. The summed E-state index contributed by atoms with van der Waals surface area (Å²) in [4.78, 5) is 18.8. The van der Waals surface area contributed by atoms with Gasteiger partial charge in [0.2, 0.25) is 5.13 Å². The van der Waals surface area contributed by atoms with Crippen LogP contribution >= 0.6 is 22.9 Å². The van der Waals surface area contributed by atoms with Crippen LogP contribution in [0.1, 0.15) is 28.2 Å². The number of aromatic carboxylic acids is 1. The standard InChI is InChI=1S/C9H10N4O2S2/c1-2-6-12-9(17-13-6)10-3-7-11-5(4-16-7)8(14)15/h4H,2-3H2,1H3,(H,14,15)(H,10,12,13). The highest BCUT2D eigenvalue weighted by atomic mass is 32.1. The van der Waals surface area contributed by atoms with Gasteiger partial charge in [0.25, 0.3) is 0 Å². The number of carbonyl (C=O) groups is 1. The fourth-order valence-electron chi connectivity index (χ4n) is 1.11. The highest BCUT2D eigenvalue weighted by Gasteiger charge is 2.09. The molecule has 0 aromatic carbocycles. The van der Waals surface area contributed by atoms with Crippen LogP contribution in [-0.4, -0.2) is 25.4 Å². The van der Waals surface area contributed by atoms with E-state index in [9.17, 15) is 4.79 Å². The maximum absolute atomic E-state index is 10.6. The molecule has 17 heavy (non-hydrogen) atoms. The smallest absolute Gasteiger partial charge is 0.355 e. The van der Waals surface area contributed by atoms with E-state index in [1.807, 2.05) is 6.92 Å². The average Bonchev–Trinajstić information content (AvgIpc) is 2.95. The summed E-state index contributed by atoms with van der Waals surface area (Å²) in [6.45, 7) is 2.46. The normalized spacial score (nSPS) is 10.4. The van der Waals surface area contributed by atoms with Crippen molar-refractivity contribution in [2.75, 3.05) is 5.32 Å². The number of carboxylic acid groups (broad SMARTS) is 1. The number of aromatic nitrogens is 3. The van der Waals surface area contributed by atoms with Gasteiger partial charge in [-0.05, 0) is 0 Å². The monoisotopic (exact) mass is 270 g/mol. The predicted octanol–water partition coefficient (Wildman–Crippen LogP) is 1.87. The molecule has 0 fully saturated rings. The minimum Gasteiger partial charge on any atom is -0.476 e. The van der Waals surface area contributed by atoms with Gasteiger partial charge < -0.3 is 10.4 Å². The molecule has 8 heteroatoms. The minimum atomic E-state index is -1.00. The fourth-order valence-corrected chi connectivity index (χ4v) is 2.46. The summed E-state index contributed by atoms with van der Waals surface area (Å²) in [5, 5.41) is 14.8. The van der Waals surface area contributed by atoms with E-state index in [1.54, 1.807) is 0 Å². The third kappa shape index (κ3) is 2.98. The maximum atomic E-state index is 10.6. The number of thiazole rings is 1. The largest absolute Gasteiger partial charge is 0.476 e. The fraction of sp³-hybridized carbons (Fsp3) is 0.333. The Morgan fingerprint density at radius 1 is 1.53 bits per heavy atom. The first-order chi connectivity index (χ1) is 8.19. The molecule has 0 atom stereocenters. The Bertz CT molecular complexity index is 523. The molecule has 0 aliphatic heterocycles. The molecule has 0 saturated carbocycles. The molecule has 2 aromatic rings. The van der Waals surface area contributed by atoms with Crippen molar-refractivity contribution in [2.45, 2.75) is 19.9 Å². The molecule has 0 unspecified atom stereocenters. The maximum Gasteiger partial charge on any atom is 0.355 e. The van der Waals surface area contributed by atoms with Crippen molar-refractivity contribution in [2.24, 2.45) is 0 Å². The second kappa shape index (κ2) is 5.19. The number of nitrogens with zero attached hydrogens (tertiary/aromatic N) is 3. The van der Waals surface area contributed by atoms with E-state index >= 15 is 0 Å². The molecule has 2 aromatic heterocycles. The summed E-state index contributed by atoms with van der Waals surface area (Å²) in [5.74, 6) is -0.195. The zero-order valence-corrected chi connectivity index (χ0v) is 10.6. The van der Waals surface area contributed by atoms with Gasteiger partial charge in [-0.15, -0.1) is 11.3 Å². The van der Waals surface area contributed by atoms with Crippen molar-refractivity contribution in [3.05, 3.63) is 21.9 Å². The Balaban J connectivity index is 1.94. The van der Waals surface area contributed by atoms with Crippen LogP contribution in [0.15, 0.2) is 5.38 Å². The van der Waals surface area contributed by atoms with E-state index < -0.39 is 5.97 Å². The SMILES string of the molecule is CCc1nsc(NCc2nc(C(=O)O)cs2)n1. The molecular weight excluding hydrogens is 260 g/mol. The molecule has 0 saturated heterocycles. The van der Waals surface area contributed by atoms with Gasteiger partial charge in [-0.1, -0.05) is 6.92 Å². The second-order valence-electron chi connectivity index (χ2n) is 3.15. The van der Waals surface area contributed by atoms with Gasteiger partial charge in [-0.3, -0.25) is 0 Å². The quantitative estimate of drug-likeness (QED) is 0.862. The Labute approximate surface area is 106 Å². The van der Waals surface area contributed by atoms with E-state index in [0.29, 0.717) is 6.54 Å². The number of carboxylic acids is 1. The van der Waals surface area contributed by atoms with Crippen LogP contribution in [0, 0.1) is 0 Å². The Morgan fingerprint density at radius 3 is 2.94 bits per heavy atom. The summed E-state index contributed by atoms with van der Waals surface area (Å²) in [5.41, 5.74) is 0.0818. The Kier molecular flexibility index (Phi) is 3.64. The molecule has 0 spiro atoms. The highest BCUT2D eigenvalue weighted by molar-refractivity contribution is 7.10. The summed E-state index contributed by atoms with van der Waals surface area (Å²) in [6.07, 6.45) is 0.804. The zero-order chi connectivity index (χ0) is 12.3. The van der Waals surface area contributed by atoms with E-state index in [2.05, 4.69) is 19.7 Å². The molecule has 0 bridgehead atoms. The van der Waals surface area contributed by atoms with Crippen molar-refractivity contribution < 1.29 is 9.90 Å². The number of nitrogens with one attached hydrogen (secondary N) is 1. The zero-order valence-electron chi connectivity index (χ0n) is 9.01. The molecule has 2 rings (SSSR count). The lowest BCUT2D eigenvalue weighted by atomic mass is 10.5. The first kappa shape index (κ1) is 11.9. The molecule has 90 valence electrons. The van der Waals surface area contributed by atoms with Crippen LogP contribution in [0.5, 0.6) is 0 Å². The van der Waals surface area contributed by atoms with Gasteiger partial charge in [-0.2, -0.15) is 4.37 Å². The number of hydrogen-bond donors (Lipinski definition) is 2. The number of anilines is 1. The van der Waals surface area contributed by atoms with Crippen LogP contribution in [0.3, 0.4) is 0 Å². The summed E-state index contributed by atoms with van der Waals surface area (Å²) in [6, 6.07) is 0. The Hall–Kier alpha value is -1.54. The first-order valence-corrected chi connectivity index (χ1v) is 6.58. The van der Waals surface area contributed by atoms with Gasteiger partial charge >= 0.3 is 5.97 Å². The van der Waals surface area contributed by atoms with Gasteiger partial charge in [0.05, 0.1) is 6.54 Å². The van der Waals surface area contributed by atoms with Crippen LogP contribution in [0.25, 0.3) is 0 Å². The lowest BCUT2D eigenvalue weighted by molar-refractivity contribution is 0.0691. The second-order valence-corrected chi connectivity index (χ2v) is 4.85. The van der Waals surface area contributed by atoms with Gasteiger partial charge in [0.15, 0.2) is 5.69 Å². The number of hydrogen-bond acceptors (Lipinski definition) is 7. The molecule has 0 amide bonds. The van der Waals surface area contributed by atoms with Crippen molar-refractivity contribution >= 4 is 34.0 Å². The predicted molar refractivity (Wildman–Crippen MR) is 65.7 cm³/mol. The molecule has 2 N–H and O–H groups in total. The molecule has 2 heterocycles. The van der Waals surface area contributed by atoms with E-state index in [-0.39, 0.29) is 5.69 Å². The third-order valence-corrected chi connectivity index (χ3v) is 3.51. The molecule has 0 aliphatic carbocycles. The van der Waals surface area contributed by atoms with Crippen molar-refractivity contribution in [1.82, 2.24) is 14.3 Å². The Morgan fingerprint density at radius 2 is 2.35 bits per heavy atom. The van der Waals surface area contributed by atoms with Crippen LogP contribution < -0.4 is 5.32 Å². The van der Waals surface area contributed by atoms with Crippen LogP contribution in [0.2, 0.25) is 0 Å². The topological polar surface area (TPSA) is 88.0 Å². The van der Waals surface area contributed by atoms with E-state index in [4.69, 9.17) is 5.11 Å².